The summed E-state index contributed by atoms with van der Waals surface area (Å²) >= 11 is 1.64. The quantitative estimate of drug-likeness (QED) is 0.578. The molecular weight excluding hydrogens is 332 g/mol. The molecule has 0 saturated carbocycles. The molecule has 0 aromatic heterocycles. The van der Waals surface area contributed by atoms with Gasteiger partial charge in [0.1, 0.15) is 0 Å². The number of Topliss-reactive ketones (excluding diaryl/α,β-unsaturated/α-hetero) is 1. The highest BCUT2D eigenvalue weighted by molar-refractivity contribution is 7.98. The molecule has 1 amide bonds. The largest absolute Gasteiger partial charge is 0.378 e. The third kappa shape index (κ3) is 5.94. The number of rotatable bonds is 8. The first-order valence-electron chi connectivity index (χ1n) is 8.20. The molecule has 0 bridgehead atoms. The molecule has 0 aliphatic heterocycles. The number of hydrogen-bond acceptors (Lipinski definition) is 4. The van der Waals surface area contributed by atoms with E-state index in [4.69, 9.17) is 0 Å². The molecule has 0 unspecified atom stereocenters. The molecule has 0 saturated heterocycles. The number of nitrogens with zero attached hydrogens (tertiary/aromatic N) is 1. The van der Waals surface area contributed by atoms with Gasteiger partial charge in [-0.2, -0.15) is 0 Å². The van der Waals surface area contributed by atoms with Gasteiger partial charge in [0, 0.05) is 49.6 Å². The van der Waals surface area contributed by atoms with Crippen LogP contribution in [0.2, 0.25) is 0 Å². The number of hydrogen-bond donors (Lipinski definition) is 1. The standard InChI is InChI=1S/C20H24N2O2S/c1-22(2)17-8-4-15(5-9-17)14-21-20(24)13-12-19(23)16-6-10-18(25-3)11-7-16/h4-11H,12-14H2,1-3H3,(H,21,24). The van der Waals surface area contributed by atoms with Gasteiger partial charge in [0.2, 0.25) is 5.91 Å². The number of anilines is 1. The Hall–Kier alpha value is -2.27. The molecule has 0 aliphatic carbocycles. The number of ketones is 1. The molecule has 0 aliphatic rings. The van der Waals surface area contributed by atoms with Crippen molar-refractivity contribution < 1.29 is 9.59 Å². The number of benzene rings is 2. The van der Waals surface area contributed by atoms with Crippen LogP contribution in [-0.4, -0.2) is 32.0 Å². The van der Waals surface area contributed by atoms with Gasteiger partial charge < -0.3 is 10.2 Å². The van der Waals surface area contributed by atoms with E-state index in [1.165, 1.54) is 0 Å². The lowest BCUT2D eigenvalue weighted by molar-refractivity contribution is -0.121. The molecule has 4 nitrogen and oxygen atoms in total. The summed E-state index contributed by atoms with van der Waals surface area (Å²) in [4.78, 5) is 27.2. The Morgan fingerprint density at radius 3 is 2.16 bits per heavy atom. The van der Waals surface area contributed by atoms with E-state index >= 15 is 0 Å². The Kier molecular flexibility index (Phi) is 7.07. The van der Waals surface area contributed by atoms with Crippen LogP contribution in [0.15, 0.2) is 53.4 Å². The predicted octanol–water partition coefficient (Wildman–Crippen LogP) is 3.75. The van der Waals surface area contributed by atoms with Gasteiger partial charge in [0.05, 0.1) is 0 Å². The minimum Gasteiger partial charge on any atom is -0.378 e. The smallest absolute Gasteiger partial charge is 0.220 e. The average Bonchev–Trinajstić information content (AvgIpc) is 2.64. The fourth-order valence-corrected chi connectivity index (χ4v) is 2.76. The van der Waals surface area contributed by atoms with Gasteiger partial charge >= 0.3 is 0 Å². The second-order valence-corrected chi connectivity index (χ2v) is 6.87. The Morgan fingerprint density at radius 1 is 0.960 bits per heavy atom. The highest BCUT2D eigenvalue weighted by Gasteiger charge is 2.09. The first-order valence-corrected chi connectivity index (χ1v) is 9.42. The first kappa shape index (κ1) is 19.1. The third-order valence-electron chi connectivity index (χ3n) is 3.93. The highest BCUT2D eigenvalue weighted by Crippen LogP contribution is 2.16. The maximum absolute atomic E-state index is 12.1. The van der Waals surface area contributed by atoms with Crippen molar-refractivity contribution in [3.8, 4) is 0 Å². The third-order valence-corrected chi connectivity index (χ3v) is 4.68. The first-order chi connectivity index (χ1) is 12.0. The van der Waals surface area contributed by atoms with E-state index in [-0.39, 0.29) is 24.5 Å². The summed E-state index contributed by atoms with van der Waals surface area (Å²) in [6.45, 7) is 0.475. The van der Waals surface area contributed by atoms with Crippen molar-refractivity contribution in [3.63, 3.8) is 0 Å². The maximum Gasteiger partial charge on any atom is 0.220 e. The summed E-state index contributed by atoms with van der Waals surface area (Å²) in [6, 6.07) is 15.5. The molecular formula is C20H24N2O2S. The lowest BCUT2D eigenvalue weighted by Crippen LogP contribution is -2.23. The van der Waals surface area contributed by atoms with Gasteiger partial charge in [-0.15, -0.1) is 11.8 Å². The summed E-state index contributed by atoms with van der Waals surface area (Å²) in [5.74, 6) is -0.107. The molecule has 0 spiro atoms. The number of carbonyl (C=O) groups excluding carboxylic acids is 2. The molecule has 0 heterocycles. The lowest BCUT2D eigenvalue weighted by Gasteiger charge is -2.13. The topological polar surface area (TPSA) is 49.4 Å². The number of carbonyl (C=O) groups is 2. The van der Waals surface area contributed by atoms with Crippen LogP contribution in [0, 0.1) is 0 Å². The zero-order chi connectivity index (χ0) is 18.2. The minimum atomic E-state index is -0.106. The second-order valence-electron chi connectivity index (χ2n) is 5.99. The molecule has 2 aromatic rings. The zero-order valence-corrected chi connectivity index (χ0v) is 15.7. The molecule has 0 fully saturated rings. The van der Waals surface area contributed by atoms with E-state index < -0.39 is 0 Å². The lowest BCUT2D eigenvalue weighted by atomic mass is 10.1. The van der Waals surface area contributed by atoms with Crippen molar-refractivity contribution in [3.05, 3.63) is 59.7 Å². The van der Waals surface area contributed by atoms with Crippen molar-refractivity contribution >= 4 is 29.1 Å². The molecule has 25 heavy (non-hydrogen) atoms. The fraction of sp³-hybridized carbons (Fsp3) is 0.300. The minimum absolute atomic E-state index is 0.00172. The van der Waals surface area contributed by atoms with Crippen LogP contribution < -0.4 is 10.2 Å². The Bertz CT molecular complexity index is 709. The monoisotopic (exact) mass is 356 g/mol. The van der Waals surface area contributed by atoms with E-state index in [0.29, 0.717) is 12.1 Å². The summed E-state index contributed by atoms with van der Waals surface area (Å²) in [5.41, 5.74) is 2.82. The molecule has 0 atom stereocenters. The average molecular weight is 356 g/mol. The SMILES string of the molecule is CSc1ccc(C(=O)CCC(=O)NCc2ccc(N(C)C)cc2)cc1. The number of thioether (sulfide) groups is 1. The van der Waals surface area contributed by atoms with Crippen LogP contribution in [0.5, 0.6) is 0 Å². The molecule has 2 rings (SSSR count). The highest BCUT2D eigenvalue weighted by atomic mass is 32.2. The number of amides is 1. The van der Waals surface area contributed by atoms with E-state index in [2.05, 4.69) is 5.32 Å². The summed E-state index contributed by atoms with van der Waals surface area (Å²) in [6.07, 6.45) is 2.43. The number of nitrogens with one attached hydrogen (secondary N) is 1. The van der Waals surface area contributed by atoms with Crippen LogP contribution in [0.1, 0.15) is 28.8 Å². The molecule has 2 aromatic carbocycles. The van der Waals surface area contributed by atoms with Crippen LogP contribution in [-0.2, 0) is 11.3 Å². The predicted molar refractivity (Wildman–Crippen MR) is 104 cm³/mol. The fourth-order valence-electron chi connectivity index (χ4n) is 2.35. The van der Waals surface area contributed by atoms with Gasteiger partial charge in [0.25, 0.3) is 0 Å². The molecule has 0 radical (unpaired) electrons. The zero-order valence-electron chi connectivity index (χ0n) is 14.9. The van der Waals surface area contributed by atoms with Crippen molar-refractivity contribution in [2.45, 2.75) is 24.3 Å². The van der Waals surface area contributed by atoms with Crippen LogP contribution in [0.3, 0.4) is 0 Å². The van der Waals surface area contributed by atoms with E-state index in [1.807, 2.05) is 73.8 Å². The van der Waals surface area contributed by atoms with Crippen molar-refractivity contribution in [2.75, 3.05) is 25.3 Å². The van der Waals surface area contributed by atoms with Gasteiger partial charge in [-0.05, 0) is 36.1 Å². The summed E-state index contributed by atoms with van der Waals surface area (Å²) < 4.78 is 0. The van der Waals surface area contributed by atoms with Gasteiger partial charge in [-0.25, -0.2) is 0 Å². The molecule has 132 valence electrons. The van der Waals surface area contributed by atoms with Crippen molar-refractivity contribution in [1.82, 2.24) is 5.32 Å². The van der Waals surface area contributed by atoms with Crippen molar-refractivity contribution in [1.29, 1.82) is 0 Å². The Morgan fingerprint density at radius 2 is 1.60 bits per heavy atom. The van der Waals surface area contributed by atoms with Gasteiger partial charge in [-0.3, -0.25) is 9.59 Å². The molecule has 1 N–H and O–H groups in total. The van der Waals surface area contributed by atoms with Gasteiger partial charge in [0.15, 0.2) is 5.78 Å². The van der Waals surface area contributed by atoms with E-state index in [0.717, 1.165) is 16.1 Å². The summed E-state index contributed by atoms with van der Waals surface area (Å²) in [7, 11) is 3.98. The van der Waals surface area contributed by atoms with Crippen LogP contribution >= 0.6 is 11.8 Å². The normalized spacial score (nSPS) is 10.4. The van der Waals surface area contributed by atoms with Crippen molar-refractivity contribution in [2.24, 2.45) is 0 Å². The Labute approximate surface area is 153 Å². The Balaban J connectivity index is 1.77. The van der Waals surface area contributed by atoms with Crippen LogP contribution in [0.4, 0.5) is 5.69 Å². The van der Waals surface area contributed by atoms with Gasteiger partial charge in [-0.1, -0.05) is 24.3 Å². The maximum atomic E-state index is 12.1. The van der Waals surface area contributed by atoms with E-state index in [9.17, 15) is 9.59 Å². The van der Waals surface area contributed by atoms with E-state index in [1.54, 1.807) is 11.8 Å². The van der Waals surface area contributed by atoms with Crippen LogP contribution in [0.25, 0.3) is 0 Å². The summed E-state index contributed by atoms with van der Waals surface area (Å²) in [5, 5.41) is 2.86. The second kappa shape index (κ2) is 9.28. The molecule has 5 heteroatoms.